The Labute approximate surface area is 202 Å². The summed E-state index contributed by atoms with van der Waals surface area (Å²) < 4.78 is 6.59. The first-order chi connectivity index (χ1) is 14.7. The van der Waals surface area contributed by atoms with Crippen molar-refractivity contribution in [2.45, 2.75) is 0 Å². The number of halogens is 3. The summed E-state index contributed by atoms with van der Waals surface area (Å²) >= 11 is 7.33. The van der Waals surface area contributed by atoms with Crippen molar-refractivity contribution in [2.75, 3.05) is 0 Å². The molecule has 152 valence electrons. The Balaban J connectivity index is 0.00000204. The van der Waals surface area contributed by atoms with Gasteiger partial charge in [0.25, 0.3) is 6.33 Å². The van der Waals surface area contributed by atoms with Gasteiger partial charge in [0.15, 0.2) is 5.69 Å². The number of imidazole rings is 1. The van der Waals surface area contributed by atoms with Crippen molar-refractivity contribution >= 4 is 59.2 Å². The zero-order valence-corrected chi connectivity index (χ0v) is 20.1. The maximum absolute atomic E-state index is 3.78. The third kappa shape index (κ3) is 3.19. The summed E-state index contributed by atoms with van der Waals surface area (Å²) in [6.45, 7) is 0. The van der Waals surface area contributed by atoms with Gasteiger partial charge in [0.1, 0.15) is 5.69 Å². The van der Waals surface area contributed by atoms with E-state index in [2.05, 4.69) is 131 Å². The molecule has 0 fully saturated rings. The quantitative estimate of drug-likeness (QED) is 0.313. The van der Waals surface area contributed by atoms with Gasteiger partial charge in [-0.3, -0.25) is 0 Å². The van der Waals surface area contributed by atoms with E-state index in [4.69, 9.17) is 0 Å². The molecule has 0 unspecified atom stereocenters. The van der Waals surface area contributed by atoms with Crippen LogP contribution in [0.2, 0.25) is 0 Å². The van der Waals surface area contributed by atoms with Crippen LogP contribution in [0.5, 0.6) is 0 Å². The van der Waals surface area contributed by atoms with Crippen LogP contribution in [0, 0.1) is 0 Å². The molecule has 0 saturated carbocycles. The Hall–Kier alpha value is -2.60. The second-order valence-corrected chi connectivity index (χ2v) is 9.09. The molecule has 31 heavy (non-hydrogen) atoms. The van der Waals surface area contributed by atoms with Crippen molar-refractivity contribution in [1.29, 1.82) is 0 Å². The van der Waals surface area contributed by atoms with Crippen LogP contribution in [-0.4, -0.2) is 9.55 Å². The lowest BCUT2D eigenvalue weighted by Crippen LogP contribution is -3.00. The third-order valence-corrected chi connectivity index (χ3v) is 6.80. The highest BCUT2D eigenvalue weighted by Gasteiger charge is 2.26. The zero-order valence-electron chi connectivity index (χ0n) is 16.2. The second kappa shape index (κ2) is 7.83. The van der Waals surface area contributed by atoms with Crippen LogP contribution in [-0.2, 0) is 0 Å². The molecule has 1 N–H and O–H groups in total. The first-order valence-corrected chi connectivity index (χ1v) is 11.3. The van der Waals surface area contributed by atoms with E-state index in [-0.39, 0.29) is 12.4 Å². The minimum atomic E-state index is 0. The van der Waals surface area contributed by atoms with E-state index in [9.17, 15) is 0 Å². The van der Waals surface area contributed by atoms with Gasteiger partial charge in [-0.05, 0) is 48.5 Å². The number of H-pyrrole nitrogens is 1. The Kier molecular flexibility index (Phi) is 5.13. The fraction of sp³-hybridized carbons (Fsp3) is 0. The highest BCUT2D eigenvalue weighted by molar-refractivity contribution is 9.10. The number of rotatable bonds is 2. The molecule has 3 heterocycles. The van der Waals surface area contributed by atoms with E-state index in [0.29, 0.717) is 0 Å². The predicted octanol–water partition coefficient (Wildman–Crippen LogP) is 4.05. The number of pyridine rings is 1. The number of aromatic nitrogens is 3. The number of aromatic amines is 1. The minimum absolute atomic E-state index is 0. The number of benzene rings is 3. The standard InChI is InChI=1S/C25H16Br2N3.ClH/c26-16-9-11-17(12-10-16)30-15-29-14-13-19-18-5-2-4-8-22(18)28-23(19)25(29)24(30)20-6-1-3-7-21(20)27;/h1-15,28H;1H/q+1;/p-1. The van der Waals surface area contributed by atoms with Crippen molar-refractivity contribution in [2.24, 2.45) is 0 Å². The molecule has 6 heteroatoms. The first kappa shape index (κ1) is 20.3. The molecule has 0 spiro atoms. The molecule has 6 aromatic rings. The maximum Gasteiger partial charge on any atom is 0.254 e. The van der Waals surface area contributed by atoms with E-state index < -0.39 is 0 Å². The Morgan fingerprint density at radius 2 is 1.52 bits per heavy atom. The highest BCUT2D eigenvalue weighted by atomic mass is 79.9. The number of hydrogen-bond donors (Lipinski definition) is 1. The summed E-state index contributed by atoms with van der Waals surface area (Å²) in [7, 11) is 0. The number of nitrogens with zero attached hydrogens (tertiary/aromatic N) is 2. The molecule has 0 aliphatic carbocycles. The van der Waals surface area contributed by atoms with Crippen molar-refractivity contribution in [3.05, 3.63) is 100 Å². The predicted molar refractivity (Wildman–Crippen MR) is 129 cm³/mol. The van der Waals surface area contributed by atoms with Crippen LogP contribution >= 0.6 is 31.9 Å². The molecule has 0 saturated heterocycles. The molecule has 3 aromatic heterocycles. The summed E-state index contributed by atoms with van der Waals surface area (Å²) in [6, 6.07) is 27.5. The molecule has 6 rings (SSSR count). The lowest BCUT2D eigenvalue weighted by molar-refractivity contribution is -0.510. The van der Waals surface area contributed by atoms with Crippen LogP contribution < -0.4 is 16.8 Å². The van der Waals surface area contributed by atoms with Gasteiger partial charge < -0.3 is 17.4 Å². The summed E-state index contributed by atoms with van der Waals surface area (Å²) in [6.07, 6.45) is 4.30. The summed E-state index contributed by atoms with van der Waals surface area (Å²) in [4.78, 5) is 3.67. The molecule has 0 atom stereocenters. The third-order valence-electron chi connectivity index (χ3n) is 5.58. The van der Waals surface area contributed by atoms with Gasteiger partial charge in [0, 0.05) is 30.8 Å². The van der Waals surface area contributed by atoms with Crippen LogP contribution in [0.15, 0.2) is 100 Å². The monoisotopic (exact) mass is 551 g/mol. The van der Waals surface area contributed by atoms with E-state index in [1.54, 1.807) is 0 Å². The minimum Gasteiger partial charge on any atom is -1.00 e. The molecule has 0 radical (unpaired) electrons. The normalized spacial score (nSPS) is 11.3. The van der Waals surface area contributed by atoms with Crippen LogP contribution in [0.4, 0.5) is 0 Å². The number of fused-ring (bicyclic) bond motifs is 5. The molecular formula is C25H16Br2ClN3. The van der Waals surface area contributed by atoms with Gasteiger partial charge in [-0.15, -0.1) is 0 Å². The fourth-order valence-corrected chi connectivity index (χ4v) is 4.96. The van der Waals surface area contributed by atoms with Gasteiger partial charge in [-0.2, -0.15) is 8.97 Å². The topological polar surface area (TPSA) is 24.8 Å². The molecular weight excluding hydrogens is 538 g/mol. The van der Waals surface area contributed by atoms with Crippen molar-refractivity contribution < 1.29 is 16.8 Å². The summed E-state index contributed by atoms with van der Waals surface area (Å²) in [5.41, 5.74) is 6.84. The zero-order chi connectivity index (χ0) is 20.2. The molecule has 0 aliphatic heterocycles. The first-order valence-electron chi connectivity index (χ1n) is 9.67. The number of para-hydroxylation sites is 1. The Morgan fingerprint density at radius 1 is 0.774 bits per heavy atom. The smallest absolute Gasteiger partial charge is 0.254 e. The van der Waals surface area contributed by atoms with Crippen LogP contribution in [0.25, 0.3) is 44.3 Å². The van der Waals surface area contributed by atoms with Crippen LogP contribution in [0.1, 0.15) is 0 Å². The molecule has 0 aliphatic rings. The lowest BCUT2D eigenvalue weighted by Gasteiger charge is -2.05. The number of nitrogens with one attached hydrogen (secondary N) is 1. The van der Waals surface area contributed by atoms with Crippen molar-refractivity contribution in [3.8, 4) is 16.9 Å². The van der Waals surface area contributed by atoms with Crippen molar-refractivity contribution in [1.82, 2.24) is 9.55 Å². The summed E-state index contributed by atoms with van der Waals surface area (Å²) in [5, 5.41) is 2.47. The van der Waals surface area contributed by atoms with Gasteiger partial charge in [0.2, 0.25) is 5.52 Å². The number of hydrogen-bond acceptors (Lipinski definition) is 0. The van der Waals surface area contributed by atoms with Crippen LogP contribution in [0.3, 0.4) is 0 Å². The second-order valence-electron chi connectivity index (χ2n) is 7.32. The van der Waals surface area contributed by atoms with E-state index in [1.165, 1.54) is 10.8 Å². The van der Waals surface area contributed by atoms with E-state index in [1.807, 2.05) is 6.07 Å². The van der Waals surface area contributed by atoms with Gasteiger partial charge in [-0.1, -0.05) is 62.2 Å². The molecule has 0 amide bonds. The van der Waals surface area contributed by atoms with Crippen molar-refractivity contribution in [3.63, 3.8) is 0 Å². The van der Waals surface area contributed by atoms with Gasteiger partial charge >= 0.3 is 0 Å². The lowest BCUT2D eigenvalue weighted by atomic mass is 10.1. The Bertz CT molecular complexity index is 1570. The molecule has 3 aromatic carbocycles. The fourth-order valence-electron chi connectivity index (χ4n) is 4.22. The SMILES string of the molecule is Brc1ccc(-n2c[n+]3ccc4c5ccccc5[nH]c4c3c2-c2ccccc2Br)cc1.[Cl-]. The molecule has 0 bridgehead atoms. The van der Waals surface area contributed by atoms with E-state index >= 15 is 0 Å². The van der Waals surface area contributed by atoms with Gasteiger partial charge in [0.05, 0.1) is 11.7 Å². The average Bonchev–Trinajstić information content (AvgIpc) is 3.33. The maximum atomic E-state index is 3.78. The largest absolute Gasteiger partial charge is 1.00 e. The summed E-state index contributed by atoms with van der Waals surface area (Å²) in [5.74, 6) is 0. The highest BCUT2D eigenvalue weighted by Crippen LogP contribution is 2.36. The molecule has 3 nitrogen and oxygen atoms in total. The Morgan fingerprint density at radius 3 is 2.32 bits per heavy atom. The average molecular weight is 554 g/mol. The van der Waals surface area contributed by atoms with Gasteiger partial charge in [-0.25, -0.2) is 0 Å². The van der Waals surface area contributed by atoms with E-state index in [0.717, 1.165) is 42.4 Å².